The van der Waals surface area contributed by atoms with Crippen LogP contribution in [0.5, 0.6) is 0 Å². The van der Waals surface area contributed by atoms with Crippen LogP contribution < -0.4 is 4.90 Å². The molecule has 1 aliphatic heterocycles. The Morgan fingerprint density at radius 1 is 1.12 bits per heavy atom. The van der Waals surface area contributed by atoms with Crippen LogP contribution in [0.2, 0.25) is 0 Å². The highest BCUT2D eigenvalue weighted by atomic mass is 32.2. The van der Waals surface area contributed by atoms with Crippen LogP contribution in [0, 0.1) is 13.8 Å². The van der Waals surface area contributed by atoms with Crippen molar-refractivity contribution < 1.29 is 8.42 Å². The predicted octanol–water partition coefficient (Wildman–Crippen LogP) is 2.84. The van der Waals surface area contributed by atoms with E-state index in [2.05, 4.69) is 0 Å². The third-order valence-electron chi connectivity index (χ3n) is 3.30. The van der Waals surface area contributed by atoms with Gasteiger partial charge in [0.1, 0.15) is 9.90 Å². The summed E-state index contributed by atoms with van der Waals surface area (Å²) in [5, 5.41) is 0.845. The number of nitrogens with zero attached hydrogens (tertiary/aromatic N) is 1. The number of hydrogen-bond donors (Lipinski definition) is 0. The van der Waals surface area contributed by atoms with Gasteiger partial charge in [-0.25, -0.2) is 8.42 Å². The number of sulfone groups is 1. The van der Waals surface area contributed by atoms with Gasteiger partial charge in [0.15, 0.2) is 0 Å². The average molecular weight is 257 g/mol. The zero-order valence-electron chi connectivity index (χ0n) is 10.1. The first-order chi connectivity index (χ1) is 7.28. The number of allylic oxidation sites excluding steroid dienone is 2. The molecule has 2 rings (SSSR count). The molecular weight excluding hydrogens is 242 g/mol. The second-order valence-corrected chi connectivity index (χ2v) is 7.35. The number of aryl methyl sites for hydroxylation is 1. The Morgan fingerprint density at radius 2 is 1.69 bits per heavy atom. The molecule has 1 aliphatic rings. The standard InChI is InChI=1S/C11H15NO2S2/c1-6-8(3)15-11-10(6)16(13,14)9(4)7(2)12(11)5/h1-5H3. The van der Waals surface area contributed by atoms with Crippen molar-refractivity contribution in [3.8, 4) is 0 Å². The number of fused-ring (bicyclic) bond motifs is 1. The number of rotatable bonds is 0. The Labute approximate surface area is 100 Å². The fraction of sp³-hybridized carbons (Fsp3) is 0.455. The van der Waals surface area contributed by atoms with E-state index in [1.807, 2.05) is 32.7 Å². The minimum atomic E-state index is -3.26. The van der Waals surface area contributed by atoms with Crippen molar-refractivity contribution >= 4 is 26.2 Å². The highest BCUT2D eigenvalue weighted by Crippen LogP contribution is 2.45. The largest absolute Gasteiger partial charge is 0.338 e. The van der Waals surface area contributed by atoms with E-state index in [-0.39, 0.29) is 0 Å². The minimum Gasteiger partial charge on any atom is -0.338 e. The lowest BCUT2D eigenvalue weighted by molar-refractivity contribution is 0.600. The van der Waals surface area contributed by atoms with E-state index in [1.165, 1.54) is 0 Å². The van der Waals surface area contributed by atoms with Gasteiger partial charge in [-0.2, -0.15) is 0 Å². The van der Waals surface area contributed by atoms with E-state index in [0.29, 0.717) is 9.80 Å². The molecule has 1 aromatic heterocycles. The summed E-state index contributed by atoms with van der Waals surface area (Å²) in [4.78, 5) is 4.00. The second kappa shape index (κ2) is 3.34. The molecule has 0 bridgehead atoms. The highest BCUT2D eigenvalue weighted by molar-refractivity contribution is 7.95. The van der Waals surface area contributed by atoms with Gasteiger partial charge >= 0.3 is 0 Å². The molecule has 0 unspecified atom stereocenters. The summed E-state index contributed by atoms with van der Waals surface area (Å²) in [6, 6.07) is 0. The quantitative estimate of drug-likeness (QED) is 0.717. The first-order valence-corrected chi connectivity index (χ1v) is 7.34. The van der Waals surface area contributed by atoms with Crippen molar-refractivity contribution in [2.45, 2.75) is 32.6 Å². The molecule has 0 aliphatic carbocycles. The minimum absolute atomic E-state index is 0.461. The monoisotopic (exact) mass is 257 g/mol. The molecule has 0 fully saturated rings. The van der Waals surface area contributed by atoms with Crippen LogP contribution >= 0.6 is 11.3 Å². The summed E-state index contributed by atoms with van der Waals surface area (Å²) in [5.74, 6) is 0. The summed E-state index contributed by atoms with van der Waals surface area (Å²) >= 11 is 1.55. The first kappa shape index (κ1) is 11.7. The highest BCUT2D eigenvalue weighted by Gasteiger charge is 2.34. The lowest BCUT2D eigenvalue weighted by Crippen LogP contribution is -2.24. The molecule has 0 saturated heterocycles. The zero-order valence-corrected chi connectivity index (χ0v) is 11.7. The van der Waals surface area contributed by atoms with Gasteiger partial charge in [-0.15, -0.1) is 11.3 Å². The van der Waals surface area contributed by atoms with Crippen LogP contribution in [0.4, 0.5) is 5.00 Å². The molecule has 0 saturated carbocycles. The molecule has 2 heterocycles. The molecule has 16 heavy (non-hydrogen) atoms. The van der Waals surface area contributed by atoms with E-state index >= 15 is 0 Å². The lowest BCUT2D eigenvalue weighted by atomic mass is 10.3. The Kier molecular flexibility index (Phi) is 2.44. The fourth-order valence-corrected chi connectivity index (χ4v) is 5.20. The lowest BCUT2D eigenvalue weighted by Gasteiger charge is -2.27. The van der Waals surface area contributed by atoms with Crippen molar-refractivity contribution in [3.63, 3.8) is 0 Å². The Balaban J connectivity index is 2.89. The van der Waals surface area contributed by atoms with Crippen LogP contribution in [-0.4, -0.2) is 15.5 Å². The molecule has 1 aromatic rings. The van der Waals surface area contributed by atoms with E-state index < -0.39 is 9.84 Å². The molecule has 3 nitrogen and oxygen atoms in total. The SMILES string of the molecule is CC1=C(C)S(=O)(=O)c2c(sc(C)c2C)N1C. The third kappa shape index (κ3) is 1.28. The summed E-state index contributed by atoms with van der Waals surface area (Å²) in [6.07, 6.45) is 0. The molecule has 88 valence electrons. The molecular formula is C11H15NO2S2. The van der Waals surface area contributed by atoms with E-state index in [0.717, 1.165) is 21.1 Å². The van der Waals surface area contributed by atoms with Crippen LogP contribution in [0.15, 0.2) is 15.5 Å². The Bertz CT molecular complexity index is 594. The second-order valence-electron chi connectivity index (χ2n) is 4.12. The van der Waals surface area contributed by atoms with Gasteiger partial charge < -0.3 is 4.90 Å². The van der Waals surface area contributed by atoms with Crippen molar-refractivity contribution in [3.05, 3.63) is 21.0 Å². The number of anilines is 1. The van der Waals surface area contributed by atoms with Gasteiger partial charge in [0.25, 0.3) is 0 Å². The van der Waals surface area contributed by atoms with Crippen LogP contribution in [0.3, 0.4) is 0 Å². The summed E-state index contributed by atoms with van der Waals surface area (Å²) in [7, 11) is -1.35. The Hall–Kier alpha value is -0.810. The zero-order chi connectivity index (χ0) is 12.2. The molecule has 0 N–H and O–H groups in total. The molecule has 0 aromatic carbocycles. The van der Waals surface area contributed by atoms with Crippen LogP contribution in [0.1, 0.15) is 24.3 Å². The van der Waals surface area contributed by atoms with Gasteiger partial charge in [0, 0.05) is 17.6 Å². The maximum atomic E-state index is 12.3. The molecule has 5 heteroatoms. The van der Waals surface area contributed by atoms with Crippen molar-refractivity contribution in [1.29, 1.82) is 0 Å². The summed E-state index contributed by atoms with van der Waals surface area (Å²) in [5.41, 5.74) is 1.70. The first-order valence-electron chi connectivity index (χ1n) is 5.04. The van der Waals surface area contributed by atoms with E-state index in [4.69, 9.17) is 0 Å². The van der Waals surface area contributed by atoms with Crippen molar-refractivity contribution in [1.82, 2.24) is 0 Å². The maximum absolute atomic E-state index is 12.3. The Morgan fingerprint density at radius 3 is 2.25 bits per heavy atom. The van der Waals surface area contributed by atoms with Crippen molar-refractivity contribution in [2.75, 3.05) is 11.9 Å². The van der Waals surface area contributed by atoms with Gasteiger partial charge in [0.05, 0.1) is 4.91 Å². The molecule has 0 radical (unpaired) electrons. The summed E-state index contributed by atoms with van der Waals surface area (Å²) < 4.78 is 24.6. The summed E-state index contributed by atoms with van der Waals surface area (Å²) in [6.45, 7) is 7.37. The number of thiophene rings is 1. The topological polar surface area (TPSA) is 37.4 Å². The normalized spacial score (nSPS) is 18.9. The molecule has 0 spiro atoms. The van der Waals surface area contributed by atoms with E-state index in [1.54, 1.807) is 18.3 Å². The molecule has 0 amide bonds. The van der Waals surface area contributed by atoms with E-state index in [9.17, 15) is 8.42 Å². The van der Waals surface area contributed by atoms with Crippen LogP contribution in [0.25, 0.3) is 0 Å². The van der Waals surface area contributed by atoms with Gasteiger partial charge in [0.2, 0.25) is 9.84 Å². The smallest absolute Gasteiger partial charge is 0.207 e. The van der Waals surface area contributed by atoms with Crippen molar-refractivity contribution in [2.24, 2.45) is 0 Å². The third-order valence-corrected chi connectivity index (χ3v) is 6.85. The maximum Gasteiger partial charge on any atom is 0.207 e. The molecule has 0 atom stereocenters. The van der Waals surface area contributed by atoms with Crippen LogP contribution in [-0.2, 0) is 9.84 Å². The number of hydrogen-bond acceptors (Lipinski definition) is 4. The van der Waals surface area contributed by atoms with Gasteiger partial charge in [-0.3, -0.25) is 0 Å². The van der Waals surface area contributed by atoms with Gasteiger partial charge in [-0.1, -0.05) is 0 Å². The van der Waals surface area contributed by atoms with Gasteiger partial charge in [-0.05, 0) is 33.3 Å². The fourth-order valence-electron chi connectivity index (χ4n) is 1.86. The predicted molar refractivity (Wildman–Crippen MR) is 67.8 cm³/mol. The average Bonchev–Trinajstić information content (AvgIpc) is 2.51.